The lowest BCUT2D eigenvalue weighted by molar-refractivity contribution is 0.273. The van der Waals surface area contributed by atoms with Crippen molar-refractivity contribution in [3.05, 3.63) is 63.4 Å². The minimum absolute atomic E-state index is 0.0416. The van der Waals surface area contributed by atoms with Crippen LogP contribution in [0.4, 0.5) is 4.39 Å². The third kappa shape index (κ3) is 5.01. The monoisotopic (exact) mass is 414 g/mol. The zero-order valence-corrected chi connectivity index (χ0v) is 18.3. The number of hydrogen-bond acceptors (Lipinski definition) is 2. The summed E-state index contributed by atoms with van der Waals surface area (Å²) in [5, 5.41) is 0.348. The molecule has 0 saturated heterocycles. The van der Waals surface area contributed by atoms with Crippen molar-refractivity contribution in [1.29, 1.82) is 0 Å². The van der Waals surface area contributed by atoms with Gasteiger partial charge in [0.2, 0.25) is 0 Å². The predicted molar refractivity (Wildman–Crippen MR) is 109 cm³/mol. The Morgan fingerprint density at radius 1 is 1.04 bits per heavy atom. The second-order valence-corrected chi connectivity index (χ2v) is 13.4. The summed E-state index contributed by atoms with van der Waals surface area (Å²) in [5.74, 6) is -0.569. The van der Waals surface area contributed by atoms with Gasteiger partial charge in [0.1, 0.15) is 6.61 Å². The van der Waals surface area contributed by atoms with Gasteiger partial charge >= 0.3 is 0 Å². The summed E-state index contributed by atoms with van der Waals surface area (Å²) >= 11 is 12.6. The first-order chi connectivity index (χ1) is 12.0. The van der Waals surface area contributed by atoms with Crippen LogP contribution in [0.25, 0.3) is 0 Å². The van der Waals surface area contributed by atoms with Crippen LogP contribution in [0, 0.1) is 5.82 Å². The molecule has 0 bridgehead atoms. The second-order valence-electron chi connectivity index (χ2n) is 7.79. The fourth-order valence-corrected chi connectivity index (χ4v) is 3.54. The van der Waals surface area contributed by atoms with Crippen molar-refractivity contribution < 1.29 is 13.6 Å². The fourth-order valence-electron chi connectivity index (χ4n) is 2.05. The molecule has 2 rings (SSSR count). The fraction of sp³-hybridized carbons (Fsp3) is 0.400. The minimum Gasteiger partial charge on any atom is -0.486 e. The summed E-state index contributed by atoms with van der Waals surface area (Å²) < 4.78 is 26.3. The molecule has 0 radical (unpaired) electrons. The normalized spacial score (nSPS) is 12.3. The van der Waals surface area contributed by atoms with E-state index in [4.69, 9.17) is 32.4 Å². The molecule has 26 heavy (non-hydrogen) atoms. The van der Waals surface area contributed by atoms with Gasteiger partial charge in [-0.3, -0.25) is 0 Å². The van der Waals surface area contributed by atoms with E-state index in [1.54, 1.807) is 0 Å². The largest absolute Gasteiger partial charge is 0.486 e. The van der Waals surface area contributed by atoms with E-state index in [9.17, 15) is 4.39 Å². The van der Waals surface area contributed by atoms with E-state index >= 15 is 0 Å². The number of benzene rings is 2. The Balaban J connectivity index is 2.17. The average molecular weight is 415 g/mol. The summed E-state index contributed by atoms with van der Waals surface area (Å²) in [4.78, 5) is 0. The Hall–Kier alpha value is -1.07. The summed E-state index contributed by atoms with van der Waals surface area (Å²) in [5.41, 5.74) is 1.40. The van der Waals surface area contributed by atoms with Crippen LogP contribution in [-0.4, -0.2) is 8.32 Å². The third-order valence-electron chi connectivity index (χ3n) is 4.84. The topological polar surface area (TPSA) is 18.5 Å². The van der Waals surface area contributed by atoms with Crippen LogP contribution in [0.15, 0.2) is 36.4 Å². The van der Waals surface area contributed by atoms with Gasteiger partial charge in [-0.15, -0.1) is 0 Å². The summed E-state index contributed by atoms with van der Waals surface area (Å²) in [6.45, 7) is 11.1. The lowest BCUT2D eigenvalue weighted by Crippen LogP contribution is -2.40. The van der Waals surface area contributed by atoms with Crippen LogP contribution in [-0.2, 0) is 17.6 Å². The minimum atomic E-state index is -1.99. The summed E-state index contributed by atoms with van der Waals surface area (Å²) in [6.07, 6.45) is 0. The van der Waals surface area contributed by atoms with Crippen molar-refractivity contribution in [1.82, 2.24) is 0 Å². The molecular weight excluding hydrogens is 390 g/mol. The van der Waals surface area contributed by atoms with Gasteiger partial charge in [0.05, 0.1) is 16.7 Å². The molecule has 0 saturated carbocycles. The van der Waals surface area contributed by atoms with Crippen molar-refractivity contribution in [3.63, 3.8) is 0 Å². The summed E-state index contributed by atoms with van der Waals surface area (Å²) in [7, 11) is -1.99. The third-order valence-corrected chi connectivity index (χ3v) is 10.1. The molecule has 0 N–H and O–H groups in total. The van der Waals surface area contributed by atoms with Gasteiger partial charge in [0.15, 0.2) is 19.9 Å². The molecule has 0 heterocycles. The van der Waals surface area contributed by atoms with Gasteiger partial charge in [0.25, 0.3) is 0 Å². The maximum absolute atomic E-state index is 14.6. The van der Waals surface area contributed by atoms with E-state index in [0.29, 0.717) is 10.6 Å². The molecule has 0 fully saturated rings. The Labute approximate surface area is 166 Å². The summed E-state index contributed by atoms with van der Waals surface area (Å²) in [6, 6.07) is 11.0. The highest BCUT2D eigenvalue weighted by molar-refractivity contribution is 6.74. The van der Waals surface area contributed by atoms with Crippen LogP contribution in [0.5, 0.6) is 5.75 Å². The molecule has 0 aliphatic carbocycles. The number of halogens is 3. The van der Waals surface area contributed by atoms with Gasteiger partial charge in [0, 0.05) is 11.6 Å². The number of ether oxygens (including phenoxy) is 1. The second kappa shape index (κ2) is 8.30. The van der Waals surface area contributed by atoms with E-state index < -0.39 is 14.1 Å². The van der Waals surface area contributed by atoms with Crippen LogP contribution in [0.3, 0.4) is 0 Å². The van der Waals surface area contributed by atoms with Gasteiger partial charge in [-0.25, -0.2) is 4.39 Å². The van der Waals surface area contributed by atoms with E-state index in [1.807, 2.05) is 30.3 Å². The van der Waals surface area contributed by atoms with Crippen molar-refractivity contribution >= 4 is 31.5 Å². The number of hydrogen-bond donors (Lipinski definition) is 0. The van der Waals surface area contributed by atoms with Gasteiger partial charge in [-0.05, 0) is 23.7 Å². The maximum atomic E-state index is 14.6. The molecule has 0 atom stereocenters. The lowest BCUT2D eigenvalue weighted by Gasteiger charge is -2.36. The van der Waals surface area contributed by atoms with Crippen molar-refractivity contribution in [2.45, 2.75) is 52.1 Å². The molecule has 2 aromatic rings. The molecule has 2 nitrogen and oxygen atoms in total. The molecule has 0 amide bonds. The van der Waals surface area contributed by atoms with Gasteiger partial charge in [-0.1, -0.05) is 74.3 Å². The predicted octanol–water partition coefficient (Wildman–Crippen LogP) is 7.23. The molecule has 0 aliphatic heterocycles. The molecule has 2 aromatic carbocycles. The van der Waals surface area contributed by atoms with Gasteiger partial charge < -0.3 is 9.16 Å². The molecular formula is C20H25Cl2FO2Si. The molecule has 0 unspecified atom stereocenters. The molecule has 0 aliphatic rings. The first kappa shape index (κ1) is 21.2. The maximum Gasteiger partial charge on any atom is 0.192 e. The Morgan fingerprint density at radius 2 is 1.65 bits per heavy atom. The lowest BCUT2D eigenvalue weighted by atomic mass is 10.2. The highest BCUT2D eigenvalue weighted by Crippen LogP contribution is 2.40. The van der Waals surface area contributed by atoms with E-state index in [1.165, 1.54) is 6.07 Å². The van der Waals surface area contributed by atoms with Crippen molar-refractivity contribution in [2.24, 2.45) is 0 Å². The van der Waals surface area contributed by atoms with Gasteiger partial charge in [-0.2, -0.15) is 0 Å². The zero-order chi connectivity index (χ0) is 19.5. The standard InChI is InChI=1S/C20H25Cl2FO2Si/c1-20(2,3)26(4,5)25-13-15-16(21)11-17(19(23)18(15)22)24-12-14-9-7-6-8-10-14/h6-11H,12-13H2,1-5H3. The van der Waals surface area contributed by atoms with Crippen LogP contribution in [0.1, 0.15) is 31.9 Å². The molecule has 0 spiro atoms. The highest BCUT2D eigenvalue weighted by atomic mass is 35.5. The average Bonchev–Trinajstić information content (AvgIpc) is 2.56. The van der Waals surface area contributed by atoms with Crippen LogP contribution in [0.2, 0.25) is 28.2 Å². The number of rotatable bonds is 6. The highest BCUT2D eigenvalue weighted by Gasteiger charge is 2.37. The zero-order valence-electron chi connectivity index (χ0n) is 15.8. The Kier molecular flexibility index (Phi) is 6.78. The first-order valence-electron chi connectivity index (χ1n) is 8.50. The van der Waals surface area contributed by atoms with E-state index in [0.717, 1.165) is 5.56 Å². The van der Waals surface area contributed by atoms with E-state index in [-0.39, 0.29) is 29.0 Å². The Bertz CT molecular complexity index is 759. The molecule has 6 heteroatoms. The van der Waals surface area contributed by atoms with Crippen LogP contribution < -0.4 is 4.74 Å². The molecule has 0 aromatic heterocycles. The first-order valence-corrected chi connectivity index (χ1v) is 12.2. The SMILES string of the molecule is CC(C)(C)[Si](C)(C)OCc1c(Cl)cc(OCc2ccccc2)c(F)c1Cl. The van der Waals surface area contributed by atoms with Crippen molar-refractivity contribution in [2.75, 3.05) is 0 Å². The van der Waals surface area contributed by atoms with Crippen molar-refractivity contribution in [3.8, 4) is 5.75 Å². The smallest absolute Gasteiger partial charge is 0.192 e. The van der Waals surface area contributed by atoms with Crippen LogP contribution >= 0.6 is 23.2 Å². The Morgan fingerprint density at radius 3 is 2.23 bits per heavy atom. The van der Waals surface area contributed by atoms with E-state index in [2.05, 4.69) is 33.9 Å². The quantitative estimate of drug-likeness (QED) is 0.366. The molecule has 142 valence electrons.